The van der Waals surface area contributed by atoms with E-state index in [0.717, 1.165) is 6.20 Å². The molecule has 0 fully saturated rings. The van der Waals surface area contributed by atoms with Gasteiger partial charge in [0, 0.05) is 12.7 Å². The third-order valence-electron chi connectivity index (χ3n) is 2.16. The van der Waals surface area contributed by atoms with Crippen molar-refractivity contribution in [1.82, 2.24) is 9.71 Å². The smallest absolute Gasteiger partial charge is 0.307 e. The summed E-state index contributed by atoms with van der Waals surface area (Å²) in [5, 5.41) is 17.2. The molecule has 18 heavy (non-hydrogen) atoms. The fourth-order valence-corrected chi connectivity index (χ4v) is 2.09. The number of carboxylic acids is 1. The highest BCUT2D eigenvalue weighted by Crippen LogP contribution is 2.07. The Morgan fingerprint density at radius 3 is 2.72 bits per heavy atom. The van der Waals surface area contributed by atoms with E-state index in [1.54, 1.807) is 6.07 Å². The lowest BCUT2D eigenvalue weighted by atomic mass is 10.2. The molecular weight excluding hydrogens is 258 g/mol. The van der Waals surface area contributed by atoms with Crippen molar-refractivity contribution in [2.24, 2.45) is 5.92 Å². The molecule has 0 aliphatic rings. The first-order valence-corrected chi connectivity index (χ1v) is 6.44. The van der Waals surface area contributed by atoms with Crippen molar-refractivity contribution in [2.45, 2.75) is 11.8 Å². The number of carbonyl (C=O) groups is 1. The van der Waals surface area contributed by atoms with Crippen molar-refractivity contribution in [1.29, 1.82) is 5.26 Å². The van der Waals surface area contributed by atoms with Crippen molar-refractivity contribution >= 4 is 16.0 Å². The highest BCUT2D eigenvalue weighted by atomic mass is 32.2. The number of aliphatic carboxylic acids is 1. The monoisotopic (exact) mass is 269 g/mol. The van der Waals surface area contributed by atoms with Crippen LogP contribution in [-0.2, 0) is 14.8 Å². The Balaban J connectivity index is 2.80. The summed E-state index contributed by atoms with van der Waals surface area (Å²) in [6.45, 7) is 1.18. The lowest BCUT2D eigenvalue weighted by Gasteiger charge is -2.08. The lowest BCUT2D eigenvalue weighted by Crippen LogP contribution is -2.31. The Labute approximate surface area is 104 Å². The van der Waals surface area contributed by atoms with Crippen LogP contribution in [0.2, 0.25) is 0 Å². The Hall–Kier alpha value is -1.98. The zero-order valence-corrected chi connectivity index (χ0v) is 10.3. The summed E-state index contributed by atoms with van der Waals surface area (Å²) in [5.41, 5.74) is 0.104. The van der Waals surface area contributed by atoms with Gasteiger partial charge < -0.3 is 5.11 Å². The van der Waals surface area contributed by atoms with E-state index in [9.17, 15) is 13.2 Å². The van der Waals surface area contributed by atoms with Gasteiger partial charge in [0.1, 0.15) is 16.7 Å². The van der Waals surface area contributed by atoms with E-state index < -0.39 is 21.9 Å². The number of hydrogen-bond acceptors (Lipinski definition) is 5. The largest absolute Gasteiger partial charge is 0.481 e. The molecule has 7 nitrogen and oxygen atoms in total. The van der Waals surface area contributed by atoms with Gasteiger partial charge in [0.2, 0.25) is 10.0 Å². The number of hydrogen-bond donors (Lipinski definition) is 2. The van der Waals surface area contributed by atoms with Crippen LogP contribution < -0.4 is 4.72 Å². The van der Waals surface area contributed by atoms with Gasteiger partial charge in [-0.15, -0.1) is 0 Å². The second kappa shape index (κ2) is 5.57. The molecule has 8 heteroatoms. The summed E-state index contributed by atoms with van der Waals surface area (Å²) >= 11 is 0. The molecule has 1 atom stereocenters. The van der Waals surface area contributed by atoms with E-state index in [0.29, 0.717) is 0 Å². The highest BCUT2D eigenvalue weighted by molar-refractivity contribution is 7.89. The summed E-state index contributed by atoms with van der Waals surface area (Å²) in [5.74, 6) is -1.92. The van der Waals surface area contributed by atoms with Crippen molar-refractivity contribution in [2.75, 3.05) is 6.54 Å². The van der Waals surface area contributed by atoms with Gasteiger partial charge in [-0.1, -0.05) is 6.92 Å². The number of nitrogens with zero attached hydrogens (tertiary/aromatic N) is 2. The van der Waals surface area contributed by atoms with E-state index in [1.807, 2.05) is 0 Å². The van der Waals surface area contributed by atoms with Crippen LogP contribution in [0, 0.1) is 17.2 Å². The van der Waals surface area contributed by atoms with E-state index in [4.69, 9.17) is 10.4 Å². The summed E-state index contributed by atoms with van der Waals surface area (Å²) < 4.78 is 25.6. The van der Waals surface area contributed by atoms with Gasteiger partial charge in [0.15, 0.2) is 0 Å². The molecule has 0 aliphatic heterocycles. The maximum absolute atomic E-state index is 11.7. The number of nitriles is 1. The van der Waals surface area contributed by atoms with Gasteiger partial charge in [-0.3, -0.25) is 4.79 Å². The maximum atomic E-state index is 11.7. The second-order valence-electron chi connectivity index (χ2n) is 3.58. The minimum Gasteiger partial charge on any atom is -0.481 e. The van der Waals surface area contributed by atoms with Crippen LogP contribution in [0.25, 0.3) is 0 Å². The number of rotatable bonds is 5. The van der Waals surface area contributed by atoms with Crippen LogP contribution in [0.4, 0.5) is 0 Å². The molecule has 96 valence electrons. The summed E-state index contributed by atoms with van der Waals surface area (Å²) in [6, 6.07) is 4.28. The van der Waals surface area contributed by atoms with Crippen molar-refractivity contribution in [3.8, 4) is 6.07 Å². The quantitative estimate of drug-likeness (QED) is 0.773. The third-order valence-corrected chi connectivity index (χ3v) is 3.57. The van der Waals surface area contributed by atoms with Crippen LogP contribution in [-0.4, -0.2) is 31.0 Å². The number of pyridine rings is 1. The van der Waals surface area contributed by atoms with Crippen LogP contribution in [0.5, 0.6) is 0 Å². The first-order valence-electron chi connectivity index (χ1n) is 4.95. The molecule has 0 spiro atoms. The molecule has 0 bridgehead atoms. The minimum absolute atomic E-state index is 0.104. The predicted molar refractivity (Wildman–Crippen MR) is 60.9 cm³/mol. The fourth-order valence-electron chi connectivity index (χ4n) is 1.01. The van der Waals surface area contributed by atoms with E-state index in [-0.39, 0.29) is 17.1 Å². The van der Waals surface area contributed by atoms with Crippen LogP contribution >= 0.6 is 0 Å². The predicted octanol–water partition coefficient (Wildman–Crippen LogP) is -0.0477. The minimum atomic E-state index is -3.80. The Bertz CT molecular complexity index is 574. The molecule has 1 heterocycles. The van der Waals surface area contributed by atoms with Gasteiger partial charge in [0.25, 0.3) is 0 Å². The molecule has 0 amide bonds. The molecule has 0 saturated carbocycles. The van der Waals surface area contributed by atoms with Crippen LogP contribution in [0.1, 0.15) is 12.6 Å². The number of carboxylic acid groups (broad SMARTS) is 1. The van der Waals surface area contributed by atoms with Crippen LogP contribution in [0.3, 0.4) is 0 Å². The van der Waals surface area contributed by atoms with Gasteiger partial charge in [-0.05, 0) is 12.1 Å². The fraction of sp³-hybridized carbons (Fsp3) is 0.300. The van der Waals surface area contributed by atoms with E-state index in [1.165, 1.54) is 19.1 Å². The normalized spacial score (nSPS) is 12.7. The first-order chi connectivity index (χ1) is 8.36. The van der Waals surface area contributed by atoms with Crippen molar-refractivity contribution in [3.05, 3.63) is 24.0 Å². The first kappa shape index (κ1) is 14.1. The Morgan fingerprint density at radius 2 is 2.28 bits per heavy atom. The topological polar surface area (TPSA) is 120 Å². The van der Waals surface area contributed by atoms with E-state index >= 15 is 0 Å². The lowest BCUT2D eigenvalue weighted by molar-refractivity contribution is -0.140. The molecule has 1 aromatic heterocycles. The zero-order valence-electron chi connectivity index (χ0n) is 9.49. The van der Waals surface area contributed by atoms with Crippen molar-refractivity contribution in [3.63, 3.8) is 0 Å². The molecule has 0 aliphatic carbocycles. The Kier molecular flexibility index (Phi) is 4.36. The molecule has 0 radical (unpaired) electrons. The molecule has 0 saturated heterocycles. The summed E-state index contributed by atoms with van der Waals surface area (Å²) in [4.78, 5) is 14.1. The van der Waals surface area contributed by atoms with Gasteiger partial charge in [-0.25, -0.2) is 18.1 Å². The number of aromatic nitrogens is 1. The summed E-state index contributed by atoms with van der Waals surface area (Å²) in [6.07, 6.45) is 1.05. The highest BCUT2D eigenvalue weighted by Gasteiger charge is 2.18. The van der Waals surface area contributed by atoms with Gasteiger partial charge in [-0.2, -0.15) is 5.26 Å². The number of nitrogens with one attached hydrogen (secondary N) is 1. The number of sulfonamides is 1. The standard InChI is InChI=1S/C10H11N3O4S/c1-7(10(14)15)5-13-18(16,17)9-3-2-8(4-11)12-6-9/h2-3,6-7,13H,5H2,1H3,(H,14,15). The second-order valence-corrected chi connectivity index (χ2v) is 5.35. The molecule has 1 rings (SSSR count). The van der Waals surface area contributed by atoms with Gasteiger partial charge >= 0.3 is 5.97 Å². The molecular formula is C10H11N3O4S. The van der Waals surface area contributed by atoms with Crippen molar-refractivity contribution < 1.29 is 18.3 Å². The van der Waals surface area contributed by atoms with Gasteiger partial charge in [0.05, 0.1) is 5.92 Å². The van der Waals surface area contributed by atoms with Crippen LogP contribution in [0.15, 0.2) is 23.2 Å². The maximum Gasteiger partial charge on any atom is 0.307 e. The van der Waals surface area contributed by atoms with E-state index in [2.05, 4.69) is 9.71 Å². The SMILES string of the molecule is CC(CNS(=O)(=O)c1ccc(C#N)nc1)C(=O)O. The molecule has 0 aromatic carbocycles. The molecule has 1 aromatic rings. The average molecular weight is 269 g/mol. The molecule has 1 unspecified atom stereocenters. The third kappa shape index (κ3) is 3.51. The average Bonchev–Trinajstić information content (AvgIpc) is 2.36. The Morgan fingerprint density at radius 1 is 1.61 bits per heavy atom. The zero-order chi connectivity index (χ0) is 13.8. The summed E-state index contributed by atoms with van der Waals surface area (Å²) in [7, 11) is -3.80. The molecule has 2 N–H and O–H groups in total.